The van der Waals surface area contributed by atoms with Crippen molar-refractivity contribution in [1.82, 2.24) is 4.90 Å². The van der Waals surface area contributed by atoms with Gasteiger partial charge in [-0.05, 0) is 24.6 Å². The van der Waals surface area contributed by atoms with Crippen LogP contribution in [0.25, 0.3) is 0 Å². The fourth-order valence-corrected chi connectivity index (χ4v) is 2.03. The minimum Gasteiger partial charge on any atom is -0.392 e. The highest BCUT2D eigenvalue weighted by Crippen LogP contribution is 2.11. The number of anilines is 1. The molecule has 0 bridgehead atoms. The molecular formula is C13H15N3O2. The zero-order valence-electron chi connectivity index (χ0n) is 9.97. The quantitative estimate of drug-likeness (QED) is 0.816. The van der Waals surface area contributed by atoms with Crippen molar-refractivity contribution >= 4 is 11.6 Å². The molecule has 1 unspecified atom stereocenters. The molecule has 5 nitrogen and oxygen atoms in total. The van der Waals surface area contributed by atoms with Crippen LogP contribution in [-0.4, -0.2) is 41.7 Å². The summed E-state index contributed by atoms with van der Waals surface area (Å²) in [6.45, 7) is 1.56. The number of aliphatic hydroxyl groups excluding tert-OH is 1. The van der Waals surface area contributed by atoms with Gasteiger partial charge in [-0.25, -0.2) is 0 Å². The first-order valence-corrected chi connectivity index (χ1v) is 5.88. The van der Waals surface area contributed by atoms with E-state index in [-0.39, 0.29) is 18.6 Å². The lowest BCUT2D eigenvalue weighted by atomic mass is 10.2. The molecule has 1 atom stereocenters. The van der Waals surface area contributed by atoms with E-state index in [1.807, 2.05) is 11.0 Å². The molecule has 1 amide bonds. The second-order valence-electron chi connectivity index (χ2n) is 4.42. The lowest BCUT2D eigenvalue weighted by molar-refractivity contribution is -0.117. The van der Waals surface area contributed by atoms with Gasteiger partial charge < -0.3 is 10.4 Å². The molecule has 1 heterocycles. The summed E-state index contributed by atoms with van der Waals surface area (Å²) in [5, 5.41) is 20.9. The van der Waals surface area contributed by atoms with Crippen molar-refractivity contribution < 1.29 is 9.90 Å². The molecule has 1 aromatic carbocycles. The molecule has 1 aliphatic heterocycles. The number of nitrogens with zero attached hydrogens (tertiary/aromatic N) is 2. The predicted octanol–water partition coefficient (Wildman–Crippen LogP) is 0.563. The number of benzene rings is 1. The maximum atomic E-state index is 11.8. The number of carbonyl (C=O) groups excluding carboxylic acids is 1. The van der Waals surface area contributed by atoms with Crippen molar-refractivity contribution in [3.8, 4) is 6.07 Å². The Morgan fingerprint density at radius 1 is 1.61 bits per heavy atom. The van der Waals surface area contributed by atoms with Gasteiger partial charge in [0.2, 0.25) is 5.91 Å². The smallest absolute Gasteiger partial charge is 0.238 e. The van der Waals surface area contributed by atoms with Crippen molar-refractivity contribution in [3.05, 3.63) is 29.8 Å². The second-order valence-corrected chi connectivity index (χ2v) is 4.42. The maximum absolute atomic E-state index is 11.8. The maximum Gasteiger partial charge on any atom is 0.238 e. The minimum atomic E-state index is -0.320. The van der Waals surface area contributed by atoms with E-state index in [0.717, 1.165) is 13.0 Å². The number of amides is 1. The van der Waals surface area contributed by atoms with E-state index >= 15 is 0 Å². The molecule has 0 saturated carbocycles. The number of aliphatic hydroxyl groups is 1. The number of hydrogen-bond acceptors (Lipinski definition) is 4. The largest absolute Gasteiger partial charge is 0.392 e. The normalized spacial score (nSPS) is 19.4. The first-order chi connectivity index (χ1) is 8.67. The van der Waals surface area contributed by atoms with Gasteiger partial charge in [-0.1, -0.05) is 6.07 Å². The molecule has 0 aromatic heterocycles. The zero-order chi connectivity index (χ0) is 13.0. The monoisotopic (exact) mass is 245 g/mol. The molecule has 0 spiro atoms. The van der Waals surface area contributed by atoms with Crippen LogP contribution in [0.1, 0.15) is 12.0 Å². The molecule has 1 aromatic rings. The van der Waals surface area contributed by atoms with Crippen LogP contribution in [0.15, 0.2) is 24.3 Å². The fourth-order valence-electron chi connectivity index (χ4n) is 2.03. The number of likely N-dealkylation sites (tertiary alicyclic amines) is 1. The highest BCUT2D eigenvalue weighted by Gasteiger charge is 2.21. The summed E-state index contributed by atoms with van der Waals surface area (Å²) in [5.41, 5.74) is 1.14. The number of β-amino-alcohol motifs (C(OH)–C–C–N with tert-alkyl or cyclic N) is 1. The molecule has 5 heteroatoms. The van der Waals surface area contributed by atoms with Gasteiger partial charge in [-0.3, -0.25) is 9.69 Å². The van der Waals surface area contributed by atoms with Crippen LogP contribution < -0.4 is 5.32 Å². The zero-order valence-corrected chi connectivity index (χ0v) is 9.97. The summed E-state index contributed by atoms with van der Waals surface area (Å²) in [7, 11) is 0. The SMILES string of the molecule is N#Cc1cccc(NC(=O)CN2CCC(O)C2)c1. The van der Waals surface area contributed by atoms with E-state index < -0.39 is 0 Å². The minimum absolute atomic E-state index is 0.126. The average Bonchev–Trinajstić information content (AvgIpc) is 2.74. The van der Waals surface area contributed by atoms with Crippen molar-refractivity contribution in [2.45, 2.75) is 12.5 Å². The molecule has 18 heavy (non-hydrogen) atoms. The van der Waals surface area contributed by atoms with Crippen LogP contribution >= 0.6 is 0 Å². The van der Waals surface area contributed by atoms with Gasteiger partial charge in [0.05, 0.1) is 24.3 Å². The van der Waals surface area contributed by atoms with Gasteiger partial charge in [0.1, 0.15) is 0 Å². The van der Waals surface area contributed by atoms with Gasteiger partial charge in [0.15, 0.2) is 0 Å². The summed E-state index contributed by atoms with van der Waals surface area (Å²) < 4.78 is 0. The third-order valence-corrected chi connectivity index (χ3v) is 2.89. The van der Waals surface area contributed by atoms with Crippen molar-refractivity contribution in [3.63, 3.8) is 0 Å². The Morgan fingerprint density at radius 2 is 2.44 bits per heavy atom. The Labute approximate surface area is 106 Å². The summed E-state index contributed by atoms with van der Waals surface area (Å²) in [6.07, 6.45) is 0.400. The lowest BCUT2D eigenvalue weighted by Gasteiger charge is -2.14. The van der Waals surface area contributed by atoms with Gasteiger partial charge in [0.25, 0.3) is 0 Å². The van der Waals surface area contributed by atoms with Crippen molar-refractivity contribution in [1.29, 1.82) is 5.26 Å². The van der Waals surface area contributed by atoms with Crippen molar-refractivity contribution in [2.75, 3.05) is 25.0 Å². The Balaban J connectivity index is 1.89. The fraction of sp³-hybridized carbons (Fsp3) is 0.385. The van der Waals surface area contributed by atoms with Gasteiger partial charge in [-0.2, -0.15) is 5.26 Å². The molecular weight excluding hydrogens is 230 g/mol. The Morgan fingerprint density at radius 3 is 3.11 bits per heavy atom. The standard InChI is InChI=1S/C13H15N3O2/c14-7-10-2-1-3-11(6-10)15-13(18)9-16-5-4-12(17)8-16/h1-3,6,12,17H,4-5,8-9H2,(H,15,18). The number of hydrogen-bond donors (Lipinski definition) is 2. The van der Waals surface area contributed by atoms with Crippen LogP contribution in [0.4, 0.5) is 5.69 Å². The number of nitrogens with one attached hydrogen (secondary N) is 1. The van der Waals surface area contributed by atoms with E-state index in [1.165, 1.54) is 0 Å². The Kier molecular flexibility index (Phi) is 3.92. The van der Waals surface area contributed by atoms with Crippen LogP contribution in [-0.2, 0) is 4.79 Å². The Hall–Kier alpha value is -1.90. The summed E-state index contributed by atoms with van der Waals surface area (Å²) in [5.74, 6) is -0.126. The molecule has 1 saturated heterocycles. The molecule has 1 aliphatic rings. The van der Waals surface area contributed by atoms with Crippen molar-refractivity contribution in [2.24, 2.45) is 0 Å². The van der Waals surface area contributed by atoms with Gasteiger partial charge >= 0.3 is 0 Å². The van der Waals surface area contributed by atoms with E-state index in [4.69, 9.17) is 5.26 Å². The van der Waals surface area contributed by atoms with E-state index in [0.29, 0.717) is 17.8 Å². The van der Waals surface area contributed by atoms with Crippen LogP contribution in [0.3, 0.4) is 0 Å². The van der Waals surface area contributed by atoms with Gasteiger partial charge in [-0.15, -0.1) is 0 Å². The lowest BCUT2D eigenvalue weighted by Crippen LogP contribution is -2.32. The molecule has 94 valence electrons. The third kappa shape index (κ3) is 3.29. The highest BCUT2D eigenvalue weighted by atomic mass is 16.3. The highest BCUT2D eigenvalue weighted by molar-refractivity contribution is 5.92. The molecule has 1 fully saturated rings. The van der Waals surface area contributed by atoms with Crippen LogP contribution in [0.5, 0.6) is 0 Å². The topological polar surface area (TPSA) is 76.4 Å². The molecule has 2 rings (SSSR count). The summed E-state index contributed by atoms with van der Waals surface area (Å²) >= 11 is 0. The molecule has 0 radical (unpaired) electrons. The summed E-state index contributed by atoms with van der Waals surface area (Å²) in [6, 6.07) is 8.82. The Bertz CT molecular complexity index is 481. The van der Waals surface area contributed by atoms with E-state index in [1.54, 1.807) is 24.3 Å². The van der Waals surface area contributed by atoms with E-state index in [2.05, 4.69) is 5.32 Å². The number of carbonyl (C=O) groups is 1. The first-order valence-electron chi connectivity index (χ1n) is 5.88. The molecule has 0 aliphatic carbocycles. The second kappa shape index (κ2) is 5.63. The van der Waals surface area contributed by atoms with Crippen LogP contribution in [0.2, 0.25) is 0 Å². The van der Waals surface area contributed by atoms with E-state index in [9.17, 15) is 9.90 Å². The average molecular weight is 245 g/mol. The van der Waals surface area contributed by atoms with Gasteiger partial charge in [0, 0.05) is 18.8 Å². The third-order valence-electron chi connectivity index (χ3n) is 2.89. The number of rotatable bonds is 3. The summed E-state index contributed by atoms with van der Waals surface area (Å²) in [4.78, 5) is 13.7. The number of nitriles is 1. The first kappa shape index (κ1) is 12.6. The predicted molar refractivity (Wildman–Crippen MR) is 66.9 cm³/mol. The molecule has 2 N–H and O–H groups in total. The van der Waals surface area contributed by atoms with Crippen LogP contribution in [0, 0.1) is 11.3 Å².